The molecule has 0 aromatic heterocycles. The summed E-state index contributed by atoms with van der Waals surface area (Å²) in [6.07, 6.45) is 0. The number of anilines is 1. The summed E-state index contributed by atoms with van der Waals surface area (Å²) in [5.41, 5.74) is 4.56. The maximum atomic E-state index is 12.2. The lowest BCUT2D eigenvalue weighted by molar-refractivity contribution is 0.102. The van der Waals surface area contributed by atoms with Gasteiger partial charge in [0, 0.05) is 5.69 Å². The lowest BCUT2D eigenvalue weighted by Crippen LogP contribution is -2.13. The van der Waals surface area contributed by atoms with Gasteiger partial charge in [0.15, 0.2) is 0 Å². The van der Waals surface area contributed by atoms with Gasteiger partial charge < -0.3 is 5.32 Å². The van der Waals surface area contributed by atoms with Gasteiger partial charge in [0.25, 0.3) is 5.91 Å². The Morgan fingerprint density at radius 3 is 2.53 bits per heavy atom. The van der Waals surface area contributed by atoms with Crippen LogP contribution in [0.1, 0.15) is 27.0 Å². The van der Waals surface area contributed by atoms with Crippen LogP contribution in [-0.2, 0) is 0 Å². The molecular weight excluding hydrogens is 258 g/mol. The zero-order valence-corrected chi connectivity index (χ0v) is 12.0. The fourth-order valence-corrected chi connectivity index (χ4v) is 2.20. The monoisotopic (exact) mass is 273 g/mol. The number of amides is 1. The Bertz CT molecular complexity index is 635. The highest BCUT2D eigenvalue weighted by molar-refractivity contribution is 6.34. The molecule has 0 saturated carbocycles. The van der Waals surface area contributed by atoms with E-state index in [1.165, 1.54) is 0 Å². The summed E-state index contributed by atoms with van der Waals surface area (Å²) >= 11 is 6.10. The van der Waals surface area contributed by atoms with Crippen LogP contribution in [0, 0.1) is 20.8 Å². The average molecular weight is 274 g/mol. The van der Waals surface area contributed by atoms with Crippen LogP contribution >= 0.6 is 11.6 Å². The molecule has 1 N–H and O–H groups in total. The van der Waals surface area contributed by atoms with Crippen LogP contribution in [0.25, 0.3) is 0 Å². The van der Waals surface area contributed by atoms with Crippen LogP contribution in [0.15, 0.2) is 36.4 Å². The van der Waals surface area contributed by atoms with E-state index in [0.717, 1.165) is 22.4 Å². The topological polar surface area (TPSA) is 29.1 Å². The van der Waals surface area contributed by atoms with Crippen LogP contribution in [0.4, 0.5) is 5.69 Å². The second kappa shape index (κ2) is 5.45. The van der Waals surface area contributed by atoms with Crippen molar-refractivity contribution in [1.29, 1.82) is 0 Å². The molecule has 2 aromatic rings. The van der Waals surface area contributed by atoms with Crippen LogP contribution in [0.3, 0.4) is 0 Å². The lowest BCUT2D eigenvalue weighted by Gasteiger charge is -2.11. The zero-order valence-electron chi connectivity index (χ0n) is 11.3. The minimum Gasteiger partial charge on any atom is -0.322 e. The number of nitrogens with one attached hydrogen (secondary N) is 1. The van der Waals surface area contributed by atoms with Crippen molar-refractivity contribution >= 4 is 23.2 Å². The number of halogens is 1. The standard InChI is InChI=1S/C16H16ClNO/c1-10-7-8-13(14(17)9-10)16(19)18-15-6-4-5-11(2)12(15)3/h4-9H,1-3H3,(H,18,19). The van der Waals surface area contributed by atoms with E-state index in [9.17, 15) is 4.79 Å². The van der Waals surface area contributed by atoms with Gasteiger partial charge in [-0.25, -0.2) is 0 Å². The highest BCUT2D eigenvalue weighted by Crippen LogP contribution is 2.22. The van der Waals surface area contributed by atoms with Gasteiger partial charge in [-0.05, 0) is 55.7 Å². The molecule has 2 aromatic carbocycles. The first kappa shape index (κ1) is 13.6. The highest BCUT2D eigenvalue weighted by atomic mass is 35.5. The average Bonchev–Trinajstić information content (AvgIpc) is 2.34. The minimum atomic E-state index is -0.182. The van der Waals surface area contributed by atoms with Crippen LogP contribution < -0.4 is 5.32 Å². The van der Waals surface area contributed by atoms with Crippen molar-refractivity contribution in [2.45, 2.75) is 20.8 Å². The summed E-state index contributed by atoms with van der Waals surface area (Å²) in [5, 5.41) is 3.38. The van der Waals surface area contributed by atoms with E-state index in [-0.39, 0.29) is 5.91 Å². The van der Waals surface area contributed by atoms with Gasteiger partial charge in [0.05, 0.1) is 10.6 Å². The van der Waals surface area contributed by atoms with Gasteiger partial charge in [-0.15, -0.1) is 0 Å². The summed E-state index contributed by atoms with van der Waals surface area (Å²) < 4.78 is 0. The molecule has 0 spiro atoms. The van der Waals surface area contributed by atoms with Gasteiger partial charge in [-0.3, -0.25) is 4.79 Å². The number of hydrogen-bond donors (Lipinski definition) is 1. The van der Waals surface area contributed by atoms with Gasteiger partial charge in [0.2, 0.25) is 0 Å². The molecule has 1 amide bonds. The first-order valence-electron chi connectivity index (χ1n) is 6.13. The molecule has 0 aliphatic carbocycles. The molecule has 98 valence electrons. The third-order valence-electron chi connectivity index (χ3n) is 3.22. The molecule has 0 aliphatic rings. The maximum absolute atomic E-state index is 12.2. The molecule has 0 heterocycles. The van der Waals surface area contributed by atoms with E-state index in [0.29, 0.717) is 10.6 Å². The van der Waals surface area contributed by atoms with Crippen molar-refractivity contribution in [2.75, 3.05) is 5.32 Å². The Balaban J connectivity index is 2.28. The molecular formula is C16H16ClNO. The predicted molar refractivity (Wildman–Crippen MR) is 80.1 cm³/mol. The maximum Gasteiger partial charge on any atom is 0.257 e. The number of carbonyl (C=O) groups is 1. The van der Waals surface area contributed by atoms with Crippen LogP contribution in [0.5, 0.6) is 0 Å². The number of benzene rings is 2. The Morgan fingerprint density at radius 1 is 1.11 bits per heavy atom. The first-order valence-corrected chi connectivity index (χ1v) is 6.50. The first-order chi connectivity index (χ1) is 8.99. The predicted octanol–water partition coefficient (Wildman–Crippen LogP) is 4.52. The quantitative estimate of drug-likeness (QED) is 0.856. The Hall–Kier alpha value is -1.80. The van der Waals surface area contributed by atoms with Crippen molar-refractivity contribution in [2.24, 2.45) is 0 Å². The van der Waals surface area contributed by atoms with Crippen molar-refractivity contribution < 1.29 is 4.79 Å². The number of hydrogen-bond acceptors (Lipinski definition) is 1. The molecule has 0 radical (unpaired) electrons. The van der Waals surface area contributed by atoms with Gasteiger partial charge >= 0.3 is 0 Å². The van der Waals surface area contributed by atoms with E-state index in [2.05, 4.69) is 5.32 Å². The second-order valence-corrected chi connectivity index (χ2v) is 5.09. The van der Waals surface area contributed by atoms with Gasteiger partial charge in [0.1, 0.15) is 0 Å². The van der Waals surface area contributed by atoms with E-state index in [4.69, 9.17) is 11.6 Å². The summed E-state index contributed by atoms with van der Waals surface area (Å²) in [5.74, 6) is -0.182. The van der Waals surface area contributed by atoms with Gasteiger partial charge in [-0.1, -0.05) is 29.8 Å². The molecule has 0 saturated heterocycles. The molecule has 2 rings (SSSR count). The smallest absolute Gasteiger partial charge is 0.257 e. The molecule has 19 heavy (non-hydrogen) atoms. The highest BCUT2D eigenvalue weighted by Gasteiger charge is 2.11. The fourth-order valence-electron chi connectivity index (χ4n) is 1.88. The molecule has 2 nitrogen and oxygen atoms in total. The van der Waals surface area contributed by atoms with Crippen molar-refractivity contribution in [1.82, 2.24) is 0 Å². The summed E-state index contributed by atoms with van der Waals surface area (Å²) in [6.45, 7) is 5.95. The van der Waals surface area contributed by atoms with E-state index in [1.807, 2.05) is 45.0 Å². The zero-order chi connectivity index (χ0) is 14.0. The van der Waals surface area contributed by atoms with Crippen LogP contribution in [-0.4, -0.2) is 5.91 Å². The van der Waals surface area contributed by atoms with Crippen molar-refractivity contribution in [3.8, 4) is 0 Å². The lowest BCUT2D eigenvalue weighted by atomic mass is 10.1. The largest absolute Gasteiger partial charge is 0.322 e. The number of aryl methyl sites for hydroxylation is 2. The Labute approximate surface area is 118 Å². The fraction of sp³-hybridized carbons (Fsp3) is 0.188. The molecule has 0 unspecified atom stereocenters. The van der Waals surface area contributed by atoms with Crippen molar-refractivity contribution in [3.05, 3.63) is 63.7 Å². The van der Waals surface area contributed by atoms with Crippen molar-refractivity contribution in [3.63, 3.8) is 0 Å². The Kier molecular flexibility index (Phi) is 3.91. The SMILES string of the molecule is Cc1ccc(C(=O)Nc2cccc(C)c2C)c(Cl)c1. The van der Waals surface area contributed by atoms with Gasteiger partial charge in [-0.2, -0.15) is 0 Å². The molecule has 0 atom stereocenters. The van der Waals surface area contributed by atoms with E-state index < -0.39 is 0 Å². The number of rotatable bonds is 2. The minimum absolute atomic E-state index is 0.182. The summed E-state index contributed by atoms with van der Waals surface area (Å²) in [6, 6.07) is 11.3. The molecule has 0 bridgehead atoms. The molecule has 3 heteroatoms. The normalized spacial score (nSPS) is 10.3. The summed E-state index contributed by atoms with van der Waals surface area (Å²) in [7, 11) is 0. The number of carbonyl (C=O) groups excluding carboxylic acids is 1. The third-order valence-corrected chi connectivity index (χ3v) is 3.53. The van der Waals surface area contributed by atoms with E-state index >= 15 is 0 Å². The molecule has 0 aliphatic heterocycles. The summed E-state index contributed by atoms with van der Waals surface area (Å²) in [4.78, 5) is 12.2. The van der Waals surface area contributed by atoms with Crippen LogP contribution in [0.2, 0.25) is 5.02 Å². The second-order valence-electron chi connectivity index (χ2n) is 4.68. The van der Waals surface area contributed by atoms with E-state index in [1.54, 1.807) is 12.1 Å². The third kappa shape index (κ3) is 2.96. The molecule has 0 fully saturated rings. The Morgan fingerprint density at radius 2 is 1.84 bits per heavy atom.